The number of hydrogen-bond acceptors (Lipinski definition) is 3. The predicted octanol–water partition coefficient (Wildman–Crippen LogP) is 4.40. The summed E-state index contributed by atoms with van der Waals surface area (Å²) in [6.45, 7) is 1.85. The largest absolute Gasteiger partial charge is 0.436 e. The zero-order valence-corrected chi connectivity index (χ0v) is 11.0. The number of hydrogen-bond donors (Lipinski definition) is 1. The number of rotatable bonds is 1. The highest BCUT2D eigenvalue weighted by Crippen LogP contribution is 2.32. The zero-order valence-electron chi connectivity index (χ0n) is 11.0. The normalized spacial score (nSPS) is 12.0. The van der Waals surface area contributed by atoms with E-state index in [0.717, 1.165) is 17.7 Å². The van der Waals surface area contributed by atoms with Crippen molar-refractivity contribution in [3.63, 3.8) is 0 Å². The van der Waals surface area contributed by atoms with Crippen LogP contribution in [0.25, 0.3) is 22.6 Å². The fourth-order valence-electron chi connectivity index (χ4n) is 2.04. The molecule has 0 atom stereocenters. The summed E-state index contributed by atoms with van der Waals surface area (Å²) in [6, 6.07) is 8.20. The van der Waals surface area contributed by atoms with E-state index in [0.29, 0.717) is 22.4 Å². The highest BCUT2D eigenvalue weighted by Gasteiger charge is 2.30. The van der Waals surface area contributed by atoms with Gasteiger partial charge >= 0.3 is 6.18 Å². The van der Waals surface area contributed by atoms with E-state index in [1.807, 2.05) is 6.92 Å². The van der Waals surface area contributed by atoms with Crippen LogP contribution in [0.15, 0.2) is 40.8 Å². The summed E-state index contributed by atoms with van der Waals surface area (Å²) in [5, 5.41) is 0. The van der Waals surface area contributed by atoms with Gasteiger partial charge in [-0.25, -0.2) is 4.98 Å². The smallest absolute Gasteiger partial charge is 0.416 e. The van der Waals surface area contributed by atoms with Crippen LogP contribution in [-0.4, -0.2) is 4.98 Å². The topological polar surface area (TPSA) is 52.0 Å². The number of fused-ring (bicyclic) bond motifs is 1. The first-order chi connectivity index (χ1) is 9.86. The van der Waals surface area contributed by atoms with Crippen LogP contribution >= 0.6 is 0 Å². The average Bonchev–Trinajstić information content (AvgIpc) is 2.87. The Bertz CT molecular complexity index is 804. The third kappa shape index (κ3) is 2.33. The lowest BCUT2D eigenvalue weighted by Gasteiger charge is -2.05. The van der Waals surface area contributed by atoms with Crippen LogP contribution < -0.4 is 5.73 Å². The molecule has 0 spiro atoms. The van der Waals surface area contributed by atoms with Crippen LogP contribution in [0.1, 0.15) is 11.1 Å². The summed E-state index contributed by atoms with van der Waals surface area (Å²) in [7, 11) is 0. The van der Waals surface area contributed by atoms with Crippen molar-refractivity contribution in [1.82, 2.24) is 4.98 Å². The Morgan fingerprint density at radius 1 is 1.05 bits per heavy atom. The van der Waals surface area contributed by atoms with Gasteiger partial charge < -0.3 is 10.2 Å². The number of oxazole rings is 1. The Kier molecular flexibility index (Phi) is 2.90. The van der Waals surface area contributed by atoms with Gasteiger partial charge in [-0.2, -0.15) is 13.2 Å². The number of aryl methyl sites for hydroxylation is 1. The molecule has 3 aromatic rings. The molecule has 0 radical (unpaired) electrons. The third-order valence-corrected chi connectivity index (χ3v) is 3.28. The van der Waals surface area contributed by atoms with Gasteiger partial charge in [-0.1, -0.05) is 6.07 Å². The molecule has 3 rings (SSSR count). The number of alkyl halides is 3. The van der Waals surface area contributed by atoms with Crippen molar-refractivity contribution in [1.29, 1.82) is 0 Å². The summed E-state index contributed by atoms with van der Waals surface area (Å²) in [6.07, 6.45) is -4.36. The first-order valence-corrected chi connectivity index (χ1v) is 6.19. The predicted molar refractivity (Wildman–Crippen MR) is 73.6 cm³/mol. The van der Waals surface area contributed by atoms with Crippen molar-refractivity contribution < 1.29 is 17.6 Å². The molecule has 1 heterocycles. The van der Waals surface area contributed by atoms with E-state index in [1.54, 1.807) is 12.1 Å². The van der Waals surface area contributed by atoms with Crippen molar-refractivity contribution in [2.75, 3.05) is 5.73 Å². The summed E-state index contributed by atoms with van der Waals surface area (Å²) in [5.41, 5.74) is 8.08. The Morgan fingerprint density at radius 2 is 1.71 bits per heavy atom. The molecule has 0 saturated carbocycles. The lowest BCUT2D eigenvalue weighted by atomic mass is 10.1. The number of aromatic nitrogens is 1. The van der Waals surface area contributed by atoms with E-state index in [9.17, 15) is 13.2 Å². The minimum absolute atomic E-state index is 0.246. The Hall–Kier alpha value is -2.50. The van der Waals surface area contributed by atoms with Crippen LogP contribution in [0.4, 0.5) is 18.9 Å². The van der Waals surface area contributed by atoms with Gasteiger partial charge in [0.15, 0.2) is 5.58 Å². The first kappa shape index (κ1) is 13.5. The maximum atomic E-state index is 12.5. The summed E-state index contributed by atoms with van der Waals surface area (Å²) >= 11 is 0. The standard InChI is InChI=1S/C15H11F3N2O/c1-8-2-7-11-13(12(8)19)20-14(21-11)9-3-5-10(6-4-9)15(16,17)18/h2-7H,19H2,1H3. The van der Waals surface area contributed by atoms with E-state index >= 15 is 0 Å². The molecule has 21 heavy (non-hydrogen) atoms. The van der Waals surface area contributed by atoms with Crippen LogP contribution in [0.3, 0.4) is 0 Å². The van der Waals surface area contributed by atoms with Crippen molar-refractivity contribution >= 4 is 16.8 Å². The summed E-state index contributed by atoms with van der Waals surface area (Å²) < 4.78 is 43.1. The maximum absolute atomic E-state index is 12.5. The Morgan fingerprint density at radius 3 is 2.33 bits per heavy atom. The molecule has 0 amide bonds. The number of nitrogens with zero attached hydrogens (tertiary/aromatic N) is 1. The highest BCUT2D eigenvalue weighted by molar-refractivity contribution is 5.89. The Balaban J connectivity index is 2.06. The molecule has 0 unspecified atom stereocenters. The van der Waals surface area contributed by atoms with Gasteiger partial charge in [0.25, 0.3) is 0 Å². The summed E-state index contributed by atoms with van der Waals surface area (Å²) in [5.74, 6) is 0.246. The fourth-order valence-corrected chi connectivity index (χ4v) is 2.04. The SMILES string of the molecule is Cc1ccc2oc(-c3ccc(C(F)(F)F)cc3)nc2c1N. The van der Waals surface area contributed by atoms with Gasteiger partial charge in [-0.05, 0) is 42.8 Å². The van der Waals surface area contributed by atoms with E-state index in [-0.39, 0.29) is 5.89 Å². The van der Waals surface area contributed by atoms with Crippen molar-refractivity contribution in [3.05, 3.63) is 47.5 Å². The number of anilines is 1. The lowest BCUT2D eigenvalue weighted by molar-refractivity contribution is -0.137. The average molecular weight is 292 g/mol. The molecule has 0 bridgehead atoms. The lowest BCUT2D eigenvalue weighted by Crippen LogP contribution is -2.03. The molecule has 6 heteroatoms. The molecule has 2 aromatic carbocycles. The number of nitrogens with two attached hydrogens (primary N) is 1. The first-order valence-electron chi connectivity index (χ1n) is 6.19. The van der Waals surface area contributed by atoms with Gasteiger partial charge in [-0.3, -0.25) is 0 Å². The molecule has 108 valence electrons. The molecular weight excluding hydrogens is 281 g/mol. The number of benzene rings is 2. The fraction of sp³-hybridized carbons (Fsp3) is 0.133. The Labute approximate surface area is 118 Å². The molecule has 0 aliphatic carbocycles. The quantitative estimate of drug-likeness (QED) is 0.676. The van der Waals surface area contributed by atoms with Gasteiger partial charge in [0.1, 0.15) is 5.52 Å². The van der Waals surface area contributed by atoms with Gasteiger partial charge in [0.05, 0.1) is 11.3 Å². The van der Waals surface area contributed by atoms with E-state index in [4.69, 9.17) is 10.2 Å². The van der Waals surface area contributed by atoms with Crippen LogP contribution in [0, 0.1) is 6.92 Å². The van der Waals surface area contributed by atoms with E-state index < -0.39 is 11.7 Å². The minimum Gasteiger partial charge on any atom is -0.436 e. The number of nitrogen functional groups attached to an aromatic ring is 1. The maximum Gasteiger partial charge on any atom is 0.416 e. The van der Waals surface area contributed by atoms with Gasteiger partial charge in [0, 0.05) is 5.56 Å². The molecule has 0 aliphatic rings. The van der Waals surface area contributed by atoms with Crippen molar-refractivity contribution in [3.8, 4) is 11.5 Å². The second-order valence-corrected chi connectivity index (χ2v) is 4.74. The number of halogens is 3. The van der Waals surface area contributed by atoms with Crippen molar-refractivity contribution in [2.24, 2.45) is 0 Å². The van der Waals surface area contributed by atoms with Crippen LogP contribution in [0.2, 0.25) is 0 Å². The minimum atomic E-state index is -4.36. The summed E-state index contributed by atoms with van der Waals surface area (Å²) in [4.78, 5) is 4.26. The third-order valence-electron chi connectivity index (χ3n) is 3.28. The van der Waals surface area contributed by atoms with Crippen molar-refractivity contribution in [2.45, 2.75) is 13.1 Å². The van der Waals surface area contributed by atoms with E-state index in [2.05, 4.69) is 4.98 Å². The molecule has 3 nitrogen and oxygen atoms in total. The second-order valence-electron chi connectivity index (χ2n) is 4.74. The molecule has 0 aliphatic heterocycles. The molecule has 1 aromatic heterocycles. The van der Waals surface area contributed by atoms with Gasteiger partial charge in [0.2, 0.25) is 5.89 Å². The zero-order chi connectivity index (χ0) is 15.2. The molecule has 0 saturated heterocycles. The molecular formula is C15H11F3N2O. The van der Waals surface area contributed by atoms with Crippen LogP contribution in [0.5, 0.6) is 0 Å². The van der Waals surface area contributed by atoms with Crippen LogP contribution in [-0.2, 0) is 6.18 Å². The molecule has 2 N–H and O–H groups in total. The van der Waals surface area contributed by atoms with E-state index in [1.165, 1.54) is 12.1 Å². The molecule has 0 fully saturated rings. The van der Waals surface area contributed by atoms with Gasteiger partial charge in [-0.15, -0.1) is 0 Å². The second kappa shape index (κ2) is 4.51. The monoisotopic (exact) mass is 292 g/mol. The highest BCUT2D eigenvalue weighted by atomic mass is 19.4.